The Kier molecular flexibility index (Phi) is 6.08. The Bertz CT molecular complexity index is 896. The second-order valence-electron chi connectivity index (χ2n) is 7.17. The summed E-state index contributed by atoms with van der Waals surface area (Å²) in [5.41, 5.74) is 1.42. The van der Waals surface area contributed by atoms with Crippen LogP contribution in [0.25, 0.3) is 0 Å². The lowest BCUT2D eigenvalue weighted by Gasteiger charge is -2.36. The lowest BCUT2D eigenvalue weighted by molar-refractivity contribution is 0.0746. The van der Waals surface area contributed by atoms with E-state index in [1.165, 1.54) is 0 Å². The number of hydrogen-bond acceptors (Lipinski definition) is 6. The number of benzene rings is 1. The Balaban J connectivity index is 1.44. The number of rotatable bonds is 3. The van der Waals surface area contributed by atoms with Gasteiger partial charge in [-0.2, -0.15) is 4.98 Å². The van der Waals surface area contributed by atoms with E-state index < -0.39 is 0 Å². The van der Waals surface area contributed by atoms with Crippen LogP contribution >= 0.6 is 23.2 Å². The van der Waals surface area contributed by atoms with Gasteiger partial charge in [-0.3, -0.25) is 4.79 Å². The second-order valence-corrected chi connectivity index (χ2v) is 8.01. The van der Waals surface area contributed by atoms with Crippen LogP contribution in [-0.2, 0) is 4.74 Å². The molecule has 7 nitrogen and oxygen atoms in total. The summed E-state index contributed by atoms with van der Waals surface area (Å²) in [5.74, 6) is 1.57. The minimum absolute atomic E-state index is 0.0702. The maximum absolute atomic E-state index is 12.8. The quantitative estimate of drug-likeness (QED) is 0.738. The van der Waals surface area contributed by atoms with E-state index in [4.69, 9.17) is 32.9 Å². The van der Waals surface area contributed by atoms with E-state index in [1.54, 1.807) is 18.2 Å². The summed E-state index contributed by atoms with van der Waals surface area (Å²) < 4.78 is 5.42. The van der Waals surface area contributed by atoms with Crippen LogP contribution in [0.4, 0.5) is 11.8 Å². The molecule has 0 N–H and O–H groups in total. The fourth-order valence-electron chi connectivity index (χ4n) is 3.58. The van der Waals surface area contributed by atoms with Crippen LogP contribution in [0.5, 0.6) is 0 Å². The molecule has 1 aromatic carbocycles. The number of aromatic nitrogens is 2. The van der Waals surface area contributed by atoms with E-state index in [0.29, 0.717) is 55.0 Å². The SMILES string of the molecule is Cc1cc(N2CCN(C(=O)c3ccc(Cl)cc3Cl)CC2)nc(N2CCOCC2)n1. The van der Waals surface area contributed by atoms with Crippen molar-refractivity contribution in [2.75, 3.05) is 62.3 Å². The van der Waals surface area contributed by atoms with E-state index >= 15 is 0 Å². The molecule has 0 radical (unpaired) electrons. The lowest BCUT2D eigenvalue weighted by atomic mass is 10.1. The molecule has 9 heteroatoms. The van der Waals surface area contributed by atoms with Gasteiger partial charge in [-0.1, -0.05) is 23.2 Å². The zero-order valence-corrected chi connectivity index (χ0v) is 17.8. The second kappa shape index (κ2) is 8.73. The van der Waals surface area contributed by atoms with Crippen molar-refractivity contribution in [3.8, 4) is 0 Å². The van der Waals surface area contributed by atoms with Gasteiger partial charge >= 0.3 is 0 Å². The van der Waals surface area contributed by atoms with Crippen molar-refractivity contribution in [2.45, 2.75) is 6.92 Å². The number of carbonyl (C=O) groups is 1. The first-order valence-corrected chi connectivity index (χ1v) is 10.4. The van der Waals surface area contributed by atoms with Gasteiger partial charge < -0.3 is 19.4 Å². The zero-order valence-electron chi connectivity index (χ0n) is 16.3. The van der Waals surface area contributed by atoms with Crippen molar-refractivity contribution in [2.24, 2.45) is 0 Å². The van der Waals surface area contributed by atoms with Gasteiger partial charge in [0.1, 0.15) is 5.82 Å². The van der Waals surface area contributed by atoms with Crippen LogP contribution in [0.2, 0.25) is 10.0 Å². The molecule has 0 atom stereocenters. The molecular weight excluding hydrogens is 413 g/mol. The van der Waals surface area contributed by atoms with E-state index in [2.05, 4.69) is 14.8 Å². The minimum Gasteiger partial charge on any atom is -0.378 e. The molecule has 3 heterocycles. The molecule has 2 aliphatic rings. The highest BCUT2D eigenvalue weighted by molar-refractivity contribution is 6.36. The van der Waals surface area contributed by atoms with Gasteiger partial charge in [-0.05, 0) is 25.1 Å². The van der Waals surface area contributed by atoms with Crippen molar-refractivity contribution >= 4 is 40.9 Å². The summed E-state index contributed by atoms with van der Waals surface area (Å²) in [7, 11) is 0. The Labute approximate surface area is 180 Å². The predicted octanol–water partition coefficient (Wildman–Crippen LogP) is 2.89. The van der Waals surface area contributed by atoms with Gasteiger partial charge in [-0.25, -0.2) is 4.98 Å². The average molecular weight is 436 g/mol. The smallest absolute Gasteiger partial charge is 0.255 e. The number of morpholine rings is 1. The number of piperazine rings is 1. The molecule has 2 fully saturated rings. The number of amides is 1. The minimum atomic E-state index is -0.0702. The van der Waals surface area contributed by atoms with Crippen molar-refractivity contribution in [1.29, 1.82) is 0 Å². The third-order valence-corrected chi connectivity index (χ3v) is 5.72. The van der Waals surface area contributed by atoms with Gasteiger partial charge in [-0.15, -0.1) is 0 Å². The van der Waals surface area contributed by atoms with E-state index in [1.807, 2.05) is 17.9 Å². The molecule has 0 unspecified atom stereocenters. The zero-order chi connectivity index (χ0) is 20.4. The number of ether oxygens (including phenoxy) is 1. The first kappa shape index (κ1) is 20.2. The summed E-state index contributed by atoms with van der Waals surface area (Å²) in [6, 6.07) is 6.97. The van der Waals surface area contributed by atoms with E-state index in [9.17, 15) is 4.79 Å². The molecule has 2 aromatic rings. The molecule has 4 rings (SSSR count). The number of halogens is 2. The summed E-state index contributed by atoms with van der Waals surface area (Å²) in [5, 5.41) is 0.901. The first-order chi connectivity index (χ1) is 14.0. The third-order valence-electron chi connectivity index (χ3n) is 5.18. The lowest BCUT2D eigenvalue weighted by Crippen LogP contribution is -2.49. The van der Waals surface area contributed by atoms with Crippen LogP contribution in [0, 0.1) is 6.92 Å². The Morgan fingerprint density at radius 2 is 1.69 bits per heavy atom. The molecule has 154 valence electrons. The monoisotopic (exact) mass is 435 g/mol. The molecule has 0 saturated carbocycles. The fraction of sp³-hybridized carbons (Fsp3) is 0.450. The highest BCUT2D eigenvalue weighted by Crippen LogP contribution is 2.24. The molecule has 0 spiro atoms. The van der Waals surface area contributed by atoms with Crippen LogP contribution < -0.4 is 9.80 Å². The Hall–Kier alpha value is -2.09. The van der Waals surface area contributed by atoms with Crippen LogP contribution in [0.3, 0.4) is 0 Å². The average Bonchev–Trinajstić information content (AvgIpc) is 2.74. The maximum atomic E-state index is 12.8. The number of aryl methyl sites for hydroxylation is 1. The number of anilines is 2. The Morgan fingerprint density at radius 3 is 2.38 bits per heavy atom. The van der Waals surface area contributed by atoms with Gasteiger partial charge in [0, 0.05) is 56.1 Å². The molecule has 0 aliphatic carbocycles. The normalized spacial score (nSPS) is 17.6. The topological polar surface area (TPSA) is 61.8 Å². The molecule has 0 bridgehead atoms. The molecule has 2 saturated heterocycles. The van der Waals surface area contributed by atoms with Gasteiger partial charge in [0.05, 0.1) is 23.8 Å². The van der Waals surface area contributed by atoms with Crippen LogP contribution in [0.15, 0.2) is 24.3 Å². The number of carbonyl (C=O) groups excluding carboxylic acids is 1. The third kappa shape index (κ3) is 4.57. The Morgan fingerprint density at radius 1 is 0.966 bits per heavy atom. The maximum Gasteiger partial charge on any atom is 0.255 e. The van der Waals surface area contributed by atoms with Gasteiger partial charge in [0.15, 0.2) is 0 Å². The van der Waals surface area contributed by atoms with Crippen molar-refractivity contribution < 1.29 is 9.53 Å². The molecule has 1 amide bonds. The van der Waals surface area contributed by atoms with Crippen molar-refractivity contribution in [3.63, 3.8) is 0 Å². The summed E-state index contributed by atoms with van der Waals surface area (Å²) in [6.45, 7) is 7.59. The summed E-state index contributed by atoms with van der Waals surface area (Å²) in [4.78, 5) is 28.4. The first-order valence-electron chi connectivity index (χ1n) is 9.69. The van der Waals surface area contributed by atoms with Crippen molar-refractivity contribution in [1.82, 2.24) is 14.9 Å². The van der Waals surface area contributed by atoms with E-state index in [0.717, 1.165) is 30.5 Å². The molecule has 1 aromatic heterocycles. The van der Waals surface area contributed by atoms with Crippen LogP contribution in [-0.4, -0.2) is 73.3 Å². The standard InChI is InChI=1S/C20H23Cl2N5O2/c1-14-12-18(24-20(23-14)27-8-10-29-11-9-27)25-4-6-26(7-5-25)19(28)16-3-2-15(21)13-17(16)22/h2-3,12-13H,4-11H2,1H3. The van der Waals surface area contributed by atoms with Gasteiger partial charge in [0.25, 0.3) is 5.91 Å². The summed E-state index contributed by atoms with van der Waals surface area (Å²) in [6.07, 6.45) is 0. The largest absolute Gasteiger partial charge is 0.378 e. The van der Waals surface area contributed by atoms with Crippen molar-refractivity contribution in [3.05, 3.63) is 45.6 Å². The fourth-order valence-corrected chi connectivity index (χ4v) is 4.06. The molecule has 2 aliphatic heterocycles. The number of nitrogens with zero attached hydrogens (tertiary/aromatic N) is 5. The molecular formula is C20H23Cl2N5O2. The van der Waals surface area contributed by atoms with E-state index in [-0.39, 0.29) is 5.91 Å². The highest BCUT2D eigenvalue weighted by Gasteiger charge is 2.25. The predicted molar refractivity (Wildman–Crippen MR) is 114 cm³/mol. The highest BCUT2D eigenvalue weighted by atomic mass is 35.5. The summed E-state index contributed by atoms with van der Waals surface area (Å²) >= 11 is 12.1. The molecule has 29 heavy (non-hydrogen) atoms. The number of hydrogen-bond donors (Lipinski definition) is 0. The van der Waals surface area contributed by atoms with Crippen LogP contribution in [0.1, 0.15) is 16.1 Å². The van der Waals surface area contributed by atoms with Gasteiger partial charge in [0.2, 0.25) is 5.95 Å².